The Kier molecular flexibility index (Phi) is 4.49. The van der Waals surface area contributed by atoms with E-state index in [1.165, 1.54) is 22.4 Å². The molecule has 8 heteroatoms. The van der Waals surface area contributed by atoms with E-state index in [0.29, 0.717) is 44.7 Å². The average molecular weight is 382 g/mol. The van der Waals surface area contributed by atoms with Gasteiger partial charge in [0.15, 0.2) is 5.16 Å². The van der Waals surface area contributed by atoms with Crippen molar-refractivity contribution >= 4 is 22.7 Å². The molecule has 0 N–H and O–H groups in total. The lowest BCUT2D eigenvalue weighted by atomic mass is 10.1. The fraction of sp³-hybridized carbons (Fsp3) is 0.158. The molecule has 0 unspecified atom stereocenters. The van der Waals surface area contributed by atoms with E-state index in [2.05, 4.69) is 15.1 Å². The third-order valence-electron chi connectivity index (χ3n) is 4.16. The molecule has 0 spiro atoms. The van der Waals surface area contributed by atoms with Crippen LogP contribution in [0, 0.1) is 12.7 Å². The van der Waals surface area contributed by atoms with E-state index >= 15 is 0 Å². The van der Waals surface area contributed by atoms with Gasteiger partial charge in [-0.15, -0.1) is 0 Å². The minimum atomic E-state index is -0.316. The third kappa shape index (κ3) is 3.35. The van der Waals surface area contributed by atoms with Gasteiger partial charge >= 0.3 is 0 Å². The van der Waals surface area contributed by atoms with Gasteiger partial charge < -0.3 is 4.52 Å². The third-order valence-corrected chi connectivity index (χ3v) is 5.18. The highest BCUT2D eigenvalue weighted by Crippen LogP contribution is 2.23. The van der Waals surface area contributed by atoms with Crippen molar-refractivity contribution in [1.82, 2.24) is 19.7 Å². The lowest BCUT2D eigenvalue weighted by molar-refractivity contribution is 0.391. The highest BCUT2D eigenvalue weighted by Gasteiger charge is 2.13. The molecule has 0 radical (unpaired) electrons. The summed E-state index contributed by atoms with van der Waals surface area (Å²) in [5, 5.41) is 5.03. The zero-order valence-corrected chi connectivity index (χ0v) is 15.5. The maximum Gasteiger partial charge on any atom is 0.261 e. The van der Waals surface area contributed by atoms with Crippen LogP contribution in [-0.2, 0) is 12.8 Å². The first-order chi connectivity index (χ1) is 13.0. The highest BCUT2D eigenvalue weighted by molar-refractivity contribution is 7.98. The minimum Gasteiger partial charge on any atom is -0.338 e. The van der Waals surface area contributed by atoms with Crippen molar-refractivity contribution < 1.29 is 8.91 Å². The van der Waals surface area contributed by atoms with Gasteiger partial charge in [-0.2, -0.15) is 4.98 Å². The summed E-state index contributed by atoms with van der Waals surface area (Å²) in [6.45, 7) is 1.69. The Labute approximate surface area is 158 Å². The van der Waals surface area contributed by atoms with E-state index in [4.69, 9.17) is 4.52 Å². The maximum absolute atomic E-state index is 13.7. The van der Waals surface area contributed by atoms with Crippen LogP contribution in [0.4, 0.5) is 4.39 Å². The number of benzene rings is 2. The molecule has 0 aliphatic carbocycles. The number of thioether (sulfide) groups is 1. The second kappa shape index (κ2) is 6.96. The van der Waals surface area contributed by atoms with Gasteiger partial charge in [-0.1, -0.05) is 41.2 Å². The number of halogens is 1. The summed E-state index contributed by atoms with van der Waals surface area (Å²) < 4.78 is 20.5. The molecule has 0 fully saturated rings. The summed E-state index contributed by atoms with van der Waals surface area (Å²) in [4.78, 5) is 21.3. The summed E-state index contributed by atoms with van der Waals surface area (Å²) in [5.41, 5.74) is 1.64. The summed E-state index contributed by atoms with van der Waals surface area (Å²) in [6.07, 6.45) is 0. The Morgan fingerprint density at radius 2 is 2.00 bits per heavy atom. The van der Waals surface area contributed by atoms with Crippen LogP contribution in [0.3, 0.4) is 0 Å². The fourth-order valence-electron chi connectivity index (χ4n) is 2.62. The van der Waals surface area contributed by atoms with E-state index in [1.54, 1.807) is 38.2 Å². The highest BCUT2D eigenvalue weighted by atomic mass is 32.2. The van der Waals surface area contributed by atoms with Crippen LogP contribution in [0.1, 0.15) is 11.5 Å². The van der Waals surface area contributed by atoms with Gasteiger partial charge in [0.05, 0.1) is 16.7 Å². The van der Waals surface area contributed by atoms with Crippen LogP contribution in [0.15, 0.2) is 56.9 Å². The maximum atomic E-state index is 13.7. The van der Waals surface area contributed by atoms with Crippen molar-refractivity contribution in [1.29, 1.82) is 0 Å². The molecule has 2 aromatic heterocycles. The van der Waals surface area contributed by atoms with Crippen LogP contribution in [-0.4, -0.2) is 19.7 Å². The van der Waals surface area contributed by atoms with Crippen molar-refractivity contribution in [2.45, 2.75) is 17.8 Å². The Hall–Kier alpha value is -3.00. The topological polar surface area (TPSA) is 73.8 Å². The summed E-state index contributed by atoms with van der Waals surface area (Å²) in [5.74, 6) is 0.729. The number of para-hydroxylation sites is 1. The smallest absolute Gasteiger partial charge is 0.261 e. The lowest BCUT2D eigenvalue weighted by Gasteiger charge is -2.07. The molecular weight excluding hydrogens is 367 g/mol. The quantitative estimate of drug-likeness (QED) is 0.396. The van der Waals surface area contributed by atoms with E-state index in [9.17, 15) is 9.18 Å². The second-order valence-electron chi connectivity index (χ2n) is 6.04. The van der Waals surface area contributed by atoms with Crippen molar-refractivity contribution in [2.75, 3.05) is 0 Å². The molecule has 2 heterocycles. The lowest BCUT2D eigenvalue weighted by Crippen LogP contribution is -2.19. The zero-order chi connectivity index (χ0) is 19.0. The van der Waals surface area contributed by atoms with Crippen molar-refractivity contribution in [3.8, 4) is 11.4 Å². The molecule has 4 rings (SSSR count). The average Bonchev–Trinajstić information content (AvgIpc) is 3.15. The van der Waals surface area contributed by atoms with Crippen molar-refractivity contribution in [3.05, 3.63) is 70.1 Å². The summed E-state index contributed by atoms with van der Waals surface area (Å²) in [6, 6.07) is 12.0. The largest absolute Gasteiger partial charge is 0.338 e. The second-order valence-corrected chi connectivity index (χ2v) is 6.98. The molecule has 6 nitrogen and oxygen atoms in total. The van der Waals surface area contributed by atoms with Crippen LogP contribution in [0.2, 0.25) is 0 Å². The van der Waals surface area contributed by atoms with Crippen molar-refractivity contribution in [2.24, 2.45) is 7.05 Å². The molecule has 0 bridgehead atoms. The van der Waals surface area contributed by atoms with Gasteiger partial charge in [0.25, 0.3) is 5.56 Å². The number of aryl methyl sites for hydroxylation is 1. The fourth-order valence-corrected chi connectivity index (χ4v) is 3.42. The normalized spacial score (nSPS) is 11.2. The molecule has 0 saturated heterocycles. The van der Waals surface area contributed by atoms with Gasteiger partial charge in [-0.05, 0) is 30.7 Å². The van der Waals surface area contributed by atoms with Gasteiger partial charge in [-0.3, -0.25) is 9.36 Å². The Balaban J connectivity index is 1.57. The molecule has 0 saturated carbocycles. The number of hydrogen-bond donors (Lipinski definition) is 0. The predicted octanol–water partition coefficient (Wildman–Crippen LogP) is 3.72. The predicted molar refractivity (Wildman–Crippen MR) is 101 cm³/mol. The van der Waals surface area contributed by atoms with E-state index in [-0.39, 0.29) is 11.4 Å². The molecule has 0 amide bonds. The first kappa shape index (κ1) is 17.4. The number of hydrogen-bond acceptors (Lipinski definition) is 6. The molecule has 0 aliphatic heterocycles. The van der Waals surface area contributed by atoms with Crippen LogP contribution >= 0.6 is 11.8 Å². The molecule has 27 heavy (non-hydrogen) atoms. The minimum absolute atomic E-state index is 0.107. The zero-order valence-electron chi connectivity index (χ0n) is 14.6. The number of rotatable bonds is 4. The van der Waals surface area contributed by atoms with Gasteiger partial charge in [-0.25, -0.2) is 9.37 Å². The molecule has 0 atom stereocenters. The Morgan fingerprint density at radius 3 is 2.81 bits per heavy atom. The summed E-state index contributed by atoms with van der Waals surface area (Å²) in [7, 11) is 1.68. The first-order valence-corrected chi connectivity index (χ1v) is 9.19. The van der Waals surface area contributed by atoms with E-state index in [1.807, 2.05) is 12.1 Å². The molecular formula is C19H15FN4O2S. The first-order valence-electron chi connectivity index (χ1n) is 8.20. The molecule has 4 aromatic rings. The van der Waals surface area contributed by atoms with Gasteiger partial charge in [0, 0.05) is 12.6 Å². The van der Waals surface area contributed by atoms with Crippen LogP contribution in [0.25, 0.3) is 22.3 Å². The van der Waals surface area contributed by atoms with Gasteiger partial charge in [0.1, 0.15) is 5.82 Å². The van der Waals surface area contributed by atoms with Crippen LogP contribution < -0.4 is 5.56 Å². The van der Waals surface area contributed by atoms with E-state index in [0.717, 1.165) is 0 Å². The molecule has 0 aliphatic rings. The SMILES string of the molecule is Cc1ccc(-c2noc(CSc3nc4ccccc4c(=O)n3C)n2)cc1F. The van der Waals surface area contributed by atoms with Gasteiger partial charge in [0.2, 0.25) is 11.7 Å². The number of nitrogens with zero attached hydrogens (tertiary/aromatic N) is 4. The van der Waals surface area contributed by atoms with Crippen LogP contribution in [0.5, 0.6) is 0 Å². The Bertz CT molecular complexity index is 1200. The van der Waals surface area contributed by atoms with E-state index < -0.39 is 0 Å². The Morgan fingerprint density at radius 1 is 1.19 bits per heavy atom. The molecule has 136 valence electrons. The summed E-state index contributed by atoms with van der Waals surface area (Å²) >= 11 is 1.32. The molecule has 2 aromatic carbocycles. The number of fused-ring (bicyclic) bond motifs is 1. The van der Waals surface area contributed by atoms with Crippen molar-refractivity contribution in [3.63, 3.8) is 0 Å². The monoisotopic (exact) mass is 382 g/mol. The number of aromatic nitrogens is 4. The standard InChI is InChI=1S/C19H15FN4O2S/c1-11-7-8-12(9-14(11)20)17-22-16(26-23-17)10-27-19-21-15-6-4-3-5-13(15)18(25)24(19)2/h3-9H,10H2,1-2H3.